The molecule has 0 fully saturated rings. The Kier molecular flexibility index (Phi) is 5.75. The van der Waals surface area contributed by atoms with E-state index in [4.69, 9.17) is 0 Å². The van der Waals surface area contributed by atoms with Crippen molar-refractivity contribution in [2.45, 2.75) is 38.5 Å². The van der Waals surface area contributed by atoms with Crippen molar-refractivity contribution in [3.8, 4) is 22.3 Å². The SMILES string of the molecule is CC1(C)c2ccccc2-c2ccc(N(c3ccc4c(c3)C(C)(C)c3ccccc3-4)c3ccc4c(ccc5ccc6ccccc6c54)c3)cc21. The van der Waals surface area contributed by atoms with E-state index in [1.165, 1.54) is 88.2 Å². The third kappa shape index (κ3) is 3.93. The average molecular weight is 628 g/mol. The first-order valence-corrected chi connectivity index (χ1v) is 17.4. The zero-order valence-electron chi connectivity index (χ0n) is 28.4. The first-order chi connectivity index (χ1) is 23.8. The van der Waals surface area contributed by atoms with Gasteiger partial charge in [-0.1, -0.05) is 143 Å². The van der Waals surface area contributed by atoms with Crippen LogP contribution in [0.5, 0.6) is 0 Å². The van der Waals surface area contributed by atoms with Crippen LogP contribution in [-0.2, 0) is 10.8 Å². The third-order valence-electron chi connectivity index (χ3n) is 11.6. The lowest BCUT2D eigenvalue weighted by Gasteiger charge is -2.30. The molecule has 2 aliphatic carbocycles. The molecule has 0 aliphatic heterocycles. The van der Waals surface area contributed by atoms with Gasteiger partial charge in [0.15, 0.2) is 0 Å². The summed E-state index contributed by atoms with van der Waals surface area (Å²) in [4.78, 5) is 2.48. The van der Waals surface area contributed by atoms with Gasteiger partial charge in [-0.3, -0.25) is 0 Å². The minimum Gasteiger partial charge on any atom is -0.310 e. The van der Waals surface area contributed by atoms with Crippen LogP contribution in [0.2, 0.25) is 0 Å². The van der Waals surface area contributed by atoms with Gasteiger partial charge in [0.2, 0.25) is 0 Å². The van der Waals surface area contributed by atoms with E-state index in [1.807, 2.05) is 0 Å². The number of rotatable bonds is 3. The number of anilines is 3. The molecular weight excluding hydrogens is 591 g/mol. The summed E-state index contributed by atoms with van der Waals surface area (Å²) in [5.74, 6) is 0. The molecule has 234 valence electrons. The zero-order valence-corrected chi connectivity index (χ0v) is 28.4. The lowest BCUT2D eigenvalue weighted by Crippen LogP contribution is -2.18. The van der Waals surface area contributed by atoms with Gasteiger partial charge in [0, 0.05) is 27.9 Å². The fraction of sp³-hybridized carbons (Fsp3) is 0.125. The Hall–Kier alpha value is -5.66. The fourth-order valence-electron chi connectivity index (χ4n) is 9.07. The number of benzene rings is 8. The van der Waals surface area contributed by atoms with Crippen molar-refractivity contribution in [1.82, 2.24) is 0 Å². The standard InChI is InChI=1S/C48H37N/c1-47(2)42-15-9-7-13-38(42)40-25-22-34(28-44(40)47)49(35-23-26-41-39-14-8-10-16-43(39)48(3,4)45(41)29-35)33-21-24-37-32(27-33)20-19-31-18-17-30-11-5-6-12-36(30)46(31)37/h5-29H,1-4H3. The van der Waals surface area contributed by atoms with E-state index in [9.17, 15) is 0 Å². The van der Waals surface area contributed by atoms with Gasteiger partial charge in [0.25, 0.3) is 0 Å². The highest BCUT2D eigenvalue weighted by atomic mass is 15.1. The van der Waals surface area contributed by atoms with Crippen molar-refractivity contribution < 1.29 is 0 Å². The summed E-state index contributed by atoms with van der Waals surface area (Å²) in [7, 11) is 0. The van der Waals surface area contributed by atoms with Crippen LogP contribution >= 0.6 is 0 Å². The van der Waals surface area contributed by atoms with E-state index in [1.54, 1.807) is 0 Å². The highest BCUT2D eigenvalue weighted by Crippen LogP contribution is 2.53. The molecule has 0 spiro atoms. The lowest BCUT2D eigenvalue weighted by atomic mass is 9.82. The largest absolute Gasteiger partial charge is 0.310 e. The van der Waals surface area contributed by atoms with Gasteiger partial charge < -0.3 is 4.90 Å². The Labute approximate surface area is 288 Å². The molecule has 0 saturated carbocycles. The van der Waals surface area contributed by atoms with E-state index in [2.05, 4.69) is 184 Å². The first-order valence-electron chi connectivity index (χ1n) is 17.4. The molecule has 0 aromatic heterocycles. The summed E-state index contributed by atoms with van der Waals surface area (Å²) >= 11 is 0. The van der Waals surface area contributed by atoms with E-state index >= 15 is 0 Å². The highest BCUT2D eigenvalue weighted by molar-refractivity contribution is 6.20. The summed E-state index contributed by atoms with van der Waals surface area (Å²) in [6.45, 7) is 9.47. The summed E-state index contributed by atoms with van der Waals surface area (Å²) < 4.78 is 0. The van der Waals surface area contributed by atoms with Crippen LogP contribution in [0.1, 0.15) is 49.9 Å². The maximum atomic E-state index is 2.48. The molecule has 0 unspecified atom stereocenters. The second-order valence-corrected chi connectivity index (χ2v) is 15.0. The van der Waals surface area contributed by atoms with Gasteiger partial charge in [-0.2, -0.15) is 0 Å². The molecule has 1 nitrogen and oxygen atoms in total. The van der Waals surface area contributed by atoms with Crippen molar-refractivity contribution >= 4 is 49.4 Å². The van der Waals surface area contributed by atoms with E-state index in [-0.39, 0.29) is 10.8 Å². The molecule has 0 radical (unpaired) electrons. The lowest BCUT2D eigenvalue weighted by molar-refractivity contribution is 0.660. The Morgan fingerprint density at radius 1 is 0.347 bits per heavy atom. The van der Waals surface area contributed by atoms with Crippen LogP contribution in [0.25, 0.3) is 54.6 Å². The minimum atomic E-state index is -0.0848. The van der Waals surface area contributed by atoms with Crippen LogP contribution in [0, 0.1) is 0 Å². The number of nitrogens with zero attached hydrogens (tertiary/aromatic N) is 1. The Morgan fingerprint density at radius 3 is 1.43 bits per heavy atom. The normalized spacial score (nSPS) is 14.9. The average Bonchev–Trinajstić information content (AvgIpc) is 3.50. The molecule has 0 saturated heterocycles. The summed E-state index contributed by atoms with van der Waals surface area (Å²) in [5.41, 5.74) is 14.3. The summed E-state index contributed by atoms with van der Waals surface area (Å²) in [6.07, 6.45) is 0. The molecule has 8 aromatic carbocycles. The predicted octanol–water partition coefficient (Wildman–Crippen LogP) is 13.2. The molecule has 8 aromatic rings. The quantitative estimate of drug-likeness (QED) is 0.176. The van der Waals surface area contributed by atoms with Crippen LogP contribution in [0.15, 0.2) is 152 Å². The van der Waals surface area contributed by atoms with Crippen LogP contribution in [0.4, 0.5) is 17.1 Å². The van der Waals surface area contributed by atoms with E-state index in [0.29, 0.717) is 0 Å². The molecule has 0 amide bonds. The smallest absolute Gasteiger partial charge is 0.0468 e. The molecule has 2 aliphatic rings. The van der Waals surface area contributed by atoms with Gasteiger partial charge in [-0.25, -0.2) is 0 Å². The van der Waals surface area contributed by atoms with Gasteiger partial charge in [0.1, 0.15) is 0 Å². The van der Waals surface area contributed by atoms with Gasteiger partial charge in [-0.05, 0) is 113 Å². The summed E-state index contributed by atoms with van der Waals surface area (Å²) in [6, 6.07) is 56.9. The topological polar surface area (TPSA) is 3.24 Å². The number of hydrogen-bond donors (Lipinski definition) is 0. The molecule has 0 bridgehead atoms. The second-order valence-electron chi connectivity index (χ2n) is 15.0. The second kappa shape index (κ2) is 9.94. The molecule has 0 N–H and O–H groups in total. The monoisotopic (exact) mass is 627 g/mol. The third-order valence-corrected chi connectivity index (χ3v) is 11.6. The highest BCUT2D eigenvalue weighted by Gasteiger charge is 2.37. The zero-order chi connectivity index (χ0) is 33.1. The van der Waals surface area contributed by atoms with Crippen molar-refractivity contribution in [2.24, 2.45) is 0 Å². The predicted molar refractivity (Wildman–Crippen MR) is 209 cm³/mol. The van der Waals surface area contributed by atoms with Crippen LogP contribution in [-0.4, -0.2) is 0 Å². The Morgan fingerprint density at radius 2 is 0.796 bits per heavy atom. The Balaban J connectivity index is 1.20. The van der Waals surface area contributed by atoms with Gasteiger partial charge in [0.05, 0.1) is 0 Å². The maximum absolute atomic E-state index is 2.48. The van der Waals surface area contributed by atoms with Crippen molar-refractivity contribution in [3.63, 3.8) is 0 Å². The van der Waals surface area contributed by atoms with Gasteiger partial charge >= 0.3 is 0 Å². The molecule has 10 rings (SSSR count). The molecule has 0 atom stereocenters. The Bertz CT molecular complexity index is 2570. The fourth-order valence-corrected chi connectivity index (χ4v) is 9.07. The molecule has 49 heavy (non-hydrogen) atoms. The minimum absolute atomic E-state index is 0.0848. The molecule has 0 heterocycles. The van der Waals surface area contributed by atoms with E-state index in [0.717, 1.165) is 5.69 Å². The van der Waals surface area contributed by atoms with Crippen molar-refractivity contribution in [1.29, 1.82) is 0 Å². The summed E-state index contributed by atoms with van der Waals surface area (Å²) in [5, 5.41) is 7.70. The van der Waals surface area contributed by atoms with E-state index < -0.39 is 0 Å². The van der Waals surface area contributed by atoms with Crippen LogP contribution < -0.4 is 4.90 Å². The maximum Gasteiger partial charge on any atom is 0.0468 e. The van der Waals surface area contributed by atoms with Crippen molar-refractivity contribution in [3.05, 3.63) is 174 Å². The molecular formula is C48H37N. The number of fused-ring (bicyclic) bond motifs is 11. The molecule has 1 heteroatoms. The van der Waals surface area contributed by atoms with Gasteiger partial charge in [-0.15, -0.1) is 0 Å². The van der Waals surface area contributed by atoms with Crippen molar-refractivity contribution in [2.75, 3.05) is 4.90 Å². The van der Waals surface area contributed by atoms with Crippen LogP contribution in [0.3, 0.4) is 0 Å². The first kappa shape index (κ1) is 28.4. The number of hydrogen-bond acceptors (Lipinski definition) is 1.